The van der Waals surface area contributed by atoms with Gasteiger partial charge in [0.05, 0.1) is 11.4 Å². The van der Waals surface area contributed by atoms with Gasteiger partial charge in [-0.25, -0.2) is 14.6 Å². The number of halogens is 1. The summed E-state index contributed by atoms with van der Waals surface area (Å²) in [6, 6.07) is 15.5. The number of ketones is 1. The molecule has 0 aliphatic carbocycles. The lowest BCUT2D eigenvalue weighted by molar-refractivity contribution is 0.101. The Morgan fingerprint density at radius 2 is 1.72 bits per heavy atom. The van der Waals surface area contributed by atoms with Gasteiger partial charge in [-0.15, -0.1) is 5.10 Å². The third-order valence-corrected chi connectivity index (χ3v) is 5.62. The molecule has 1 N–H and O–H groups in total. The average Bonchev–Trinajstić information content (AvgIpc) is 3.23. The van der Waals surface area contributed by atoms with Crippen LogP contribution in [0.5, 0.6) is 0 Å². The van der Waals surface area contributed by atoms with E-state index < -0.39 is 5.91 Å². The van der Waals surface area contributed by atoms with Crippen molar-refractivity contribution in [2.75, 3.05) is 5.32 Å². The average molecular weight is 465 g/mol. The van der Waals surface area contributed by atoms with Gasteiger partial charge < -0.3 is 5.32 Å². The van der Waals surface area contributed by atoms with Gasteiger partial charge in [0.2, 0.25) is 0 Å². The normalized spacial score (nSPS) is 10.7. The van der Waals surface area contributed by atoms with E-state index in [1.54, 1.807) is 71.7 Å². The van der Waals surface area contributed by atoms with Gasteiger partial charge in [0.25, 0.3) is 5.91 Å². The number of Topliss-reactive ketones (excluding diaryl/α,β-unsaturated/α-hetero) is 1. The highest BCUT2D eigenvalue weighted by atomic mass is 35.5. The zero-order valence-electron chi connectivity index (χ0n) is 16.9. The second-order valence-corrected chi connectivity index (χ2v) is 8.06. The Kier molecular flexibility index (Phi) is 6.58. The first kappa shape index (κ1) is 21.7. The topological polar surface area (TPSA) is 103 Å². The summed E-state index contributed by atoms with van der Waals surface area (Å²) in [5.41, 5.74) is 2.60. The number of anilines is 1. The number of hydrogen-bond acceptors (Lipinski definition) is 7. The summed E-state index contributed by atoms with van der Waals surface area (Å²) in [5.74, 6) is -0.0901. The molecule has 0 bridgehead atoms. The van der Waals surface area contributed by atoms with Gasteiger partial charge in [0, 0.05) is 34.4 Å². The van der Waals surface area contributed by atoms with Crippen LogP contribution in [0.4, 0.5) is 5.69 Å². The molecule has 0 fully saturated rings. The lowest BCUT2D eigenvalue weighted by Gasteiger charge is -2.09. The maximum Gasteiger partial charge on any atom is 0.278 e. The molecular weight excluding hydrogens is 448 g/mol. The molecule has 160 valence electrons. The van der Waals surface area contributed by atoms with Crippen molar-refractivity contribution < 1.29 is 9.59 Å². The fourth-order valence-corrected chi connectivity index (χ4v) is 3.79. The minimum atomic E-state index is -0.412. The van der Waals surface area contributed by atoms with E-state index in [2.05, 4.69) is 25.6 Å². The van der Waals surface area contributed by atoms with E-state index in [0.717, 1.165) is 5.69 Å². The minimum Gasteiger partial charge on any atom is -0.321 e. The number of nitrogens with one attached hydrogen (secondary N) is 1. The largest absolute Gasteiger partial charge is 0.321 e. The molecule has 4 rings (SSSR count). The van der Waals surface area contributed by atoms with Gasteiger partial charge in [-0.2, -0.15) is 0 Å². The molecule has 32 heavy (non-hydrogen) atoms. The number of hydrogen-bond donors (Lipinski definition) is 1. The predicted octanol–water partition coefficient (Wildman–Crippen LogP) is 4.46. The van der Waals surface area contributed by atoms with E-state index in [0.29, 0.717) is 32.9 Å². The van der Waals surface area contributed by atoms with Crippen molar-refractivity contribution in [3.05, 3.63) is 89.0 Å². The third kappa shape index (κ3) is 5.01. The number of carbonyl (C=O) groups excluding carboxylic acids is 2. The molecule has 0 aliphatic heterocycles. The van der Waals surface area contributed by atoms with E-state index in [1.807, 2.05) is 0 Å². The molecule has 0 saturated heterocycles. The summed E-state index contributed by atoms with van der Waals surface area (Å²) < 4.78 is 1.60. The van der Waals surface area contributed by atoms with Crippen molar-refractivity contribution in [1.29, 1.82) is 0 Å². The van der Waals surface area contributed by atoms with E-state index in [9.17, 15) is 9.59 Å². The van der Waals surface area contributed by atoms with Crippen molar-refractivity contribution >= 4 is 40.7 Å². The van der Waals surface area contributed by atoms with E-state index >= 15 is 0 Å². The summed E-state index contributed by atoms with van der Waals surface area (Å²) in [6.07, 6.45) is 3.31. The Labute approximate surface area is 193 Å². The number of carbonyl (C=O) groups is 2. The Hall–Kier alpha value is -3.56. The summed E-state index contributed by atoms with van der Waals surface area (Å²) in [4.78, 5) is 32.9. The van der Waals surface area contributed by atoms with Crippen LogP contribution < -0.4 is 5.32 Å². The second-order valence-electron chi connectivity index (χ2n) is 6.68. The van der Waals surface area contributed by atoms with Crippen LogP contribution >= 0.6 is 23.4 Å². The van der Waals surface area contributed by atoms with Crippen LogP contribution in [0.25, 0.3) is 5.69 Å². The summed E-state index contributed by atoms with van der Waals surface area (Å²) >= 11 is 7.37. The van der Waals surface area contributed by atoms with Crippen LogP contribution in [0.3, 0.4) is 0 Å². The number of amides is 1. The molecule has 0 saturated carbocycles. The van der Waals surface area contributed by atoms with Crippen LogP contribution in [0.1, 0.15) is 33.5 Å². The van der Waals surface area contributed by atoms with Gasteiger partial charge in [-0.3, -0.25) is 9.59 Å². The van der Waals surface area contributed by atoms with Crippen molar-refractivity contribution in [1.82, 2.24) is 25.0 Å². The standard InChI is InChI=1S/C22H17ClN6O2S/c1-14(30)15-3-7-17(8-4-15)26-21(31)20-19(13-32-22-24-11-2-12-25-22)29(28-27-20)18-9-5-16(23)6-10-18/h2-12H,13H2,1H3,(H,26,31). The van der Waals surface area contributed by atoms with Gasteiger partial charge >= 0.3 is 0 Å². The van der Waals surface area contributed by atoms with Crippen molar-refractivity contribution in [2.24, 2.45) is 0 Å². The van der Waals surface area contributed by atoms with Crippen LogP contribution in [0.2, 0.25) is 5.02 Å². The molecule has 4 aromatic rings. The molecule has 2 aromatic heterocycles. The second kappa shape index (κ2) is 9.71. The molecule has 10 heteroatoms. The van der Waals surface area contributed by atoms with Crippen molar-refractivity contribution in [2.45, 2.75) is 17.8 Å². The fraction of sp³-hybridized carbons (Fsp3) is 0.0909. The predicted molar refractivity (Wildman–Crippen MR) is 122 cm³/mol. The molecular formula is C22H17ClN6O2S. The first-order chi connectivity index (χ1) is 15.5. The highest BCUT2D eigenvalue weighted by Gasteiger charge is 2.21. The maximum absolute atomic E-state index is 13.0. The Bertz CT molecular complexity index is 1240. The molecule has 0 unspecified atom stereocenters. The van der Waals surface area contributed by atoms with Gasteiger partial charge in [-0.1, -0.05) is 28.6 Å². The number of thioether (sulfide) groups is 1. The SMILES string of the molecule is CC(=O)c1ccc(NC(=O)c2nnn(-c3ccc(Cl)cc3)c2CSc2ncccn2)cc1. The van der Waals surface area contributed by atoms with E-state index in [1.165, 1.54) is 18.7 Å². The third-order valence-electron chi connectivity index (χ3n) is 4.48. The lowest BCUT2D eigenvalue weighted by Crippen LogP contribution is -2.15. The molecule has 8 nitrogen and oxygen atoms in total. The number of aromatic nitrogens is 5. The molecule has 2 heterocycles. The highest BCUT2D eigenvalue weighted by molar-refractivity contribution is 7.98. The van der Waals surface area contributed by atoms with Crippen molar-refractivity contribution in [3.63, 3.8) is 0 Å². The first-order valence-corrected chi connectivity index (χ1v) is 10.9. The molecule has 0 atom stereocenters. The molecule has 2 aromatic carbocycles. The molecule has 0 radical (unpaired) electrons. The smallest absolute Gasteiger partial charge is 0.278 e. The summed E-state index contributed by atoms with van der Waals surface area (Å²) in [6.45, 7) is 1.49. The molecule has 0 spiro atoms. The zero-order valence-corrected chi connectivity index (χ0v) is 18.5. The summed E-state index contributed by atoms with van der Waals surface area (Å²) in [7, 11) is 0. The van der Waals surface area contributed by atoms with Crippen LogP contribution in [0, 0.1) is 0 Å². The van der Waals surface area contributed by atoms with Gasteiger partial charge in [0.15, 0.2) is 16.6 Å². The number of rotatable bonds is 7. The van der Waals surface area contributed by atoms with Gasteiger partial charge in [-0.05, 0) is 61.5 Å². The first-order valence-electron chi connectivity index (χ1n) is 9.54. The lowest BCUT2D eigenvalue weighted by atomic mass is 10.1. The van der Waals surface area contributed by atoms with Crippen LogP contribution in [-0.2, 0) is 5.75 Å². The fourth-order valence-electron chi connectivity index (χ4n) is 2.87. The number of benzene rings is 2. The number of nitrogens with zero attached hydrogens (tertiary/aromatic N) is 5. The van der Waals surface area contributed by atoms with Gasteiger partial charge in [0.1, 0.15) is 0 Å². The highest BCUT2D eigenvalue weighted by Crippen LogP contribution is 2.24. The quantitative estimate of drug-likeness (QED) is 0.244. The van der Waals surface area contributed by atoms with Crippen LogP contribution in [0.15, 0.2) is 72.1 Å². The molecule has 1 amide bonds. The Balaban J connectivity index is 1.63. The maximum atomic E-state index is 13.0. The summed E-state index contributed by atoms with van der Waals surface area (Å²) in [5, 5.41) is 12.3. The Morgan fingerprint density at radius 1 is 1.03 bits per heavy atom. The molecule has 0 aliphatic rings. The zero-order chi connectivity index (χ0) is 22.5. The van der Waals surface area contributed by atoms with E-state index in [-0.39, 0.29) is 11.5 Å². The minimum absolute atomic E-state index is 0.0452. The van der Waals surface area contributed by atoms with Crippen LogP contribution in [-0.4, -0.2) is 36.7 Å². The monoisotopic (exact) mass is 464 g/mol. The van der Waals surface area contributed by atoms with E-state index in [4.69, 9.17) is 11.6 Å². The Morgan fingerprint density at radius 3 is 2.38 bits per heavy atom. The van der Waals surface area contributed by atoms with Crippen molar-refractivity contribution in [3.8, 4) is 5.69 Å².